The Hall–Kier alpha value is -1.91. The maximum Gasteiger partial charge on any atom is 0.332 e. The van der Waals surface area contributed by atoms with E-state index in [9.17, 15) is 9.18 Å². The summed E-state index contributed by atoms with van der Waals surface area (Å²) in [4.78, 5) is 10.3. The molecule has 0 heterocycles. The maximum absolute atomic E-state index is 13.3. The van der Waals surface area contributed by atoms with Crippen LogP contribution in [0.5, 0.6) is 0 Å². The largest absolute Gasteiger partial charge is 0.350 e. The Labute approximate surface area is 87.0 Å². The van der Waals surface area contributed by atoms with Crippen molar-refractivity contribution in [2.45, 2.75) is 13.3 Å². The standard InChI is InChI=1S/C10H12FN3O/c1-2-7-3-4-8(9(11)5-7)6-13-14-10(12)15/h3-6H,2H2,1H3,(H3,12,14,15). The van der Waals surface area contributed by atoms with Crippen LogP contribution in [0.25, 0.3) is 0 Å². The van der Waals surface area contributed by atoms with Gasteiger partial charge in [0.05, 0.1) is 6.21 Å². The van der Waals surface area contributed by atoms with Crippen LogP contribution in [0.2, 0.25) is 0 Å². The minimum absolute atomic E-state index is 0.306. The molecule has 5 heteroatoms. The summed E-state index contributed by atoms with van der Waals surface area (Å²) in [5.41, 5.74) is 7.99. The second-order valence-corrected chi connectivity index (χ2v) is 2.94. The van der Waals surface area contributed by atoms with Crippen molar-refractivity contribution < 1.29 is 9.18 Å². The number of carbonyl (C=O) groups excluding carboxylic acids is 1. The van der Waals surface area contributed by atoms with E-state index in [1.54, 1.807) is 12.1 Å². The van der Waals surface area contributed by atoms with Crippen molar-refractivity contribution in [2.75, 3.05) is 0 Å². The lowest BCUT2D eigenvalue weighted by molar-refractivity contribution is 0.249. The van der Waals surface area contributed by atoms with E-state index in [0.29, 0.717) is 5.56 Å². The highest BCUT2D eigenvalue weighted by Gasteiger charge is 2.00. The number of nitrogens with two attached hydrogens (primary N) is 1. The molecule has 2 amide bonds. The van der Waals surface area contributed by atoms with Gasteiger partial charge in [0.25, 0.3) is 0 Å². The van der Waals surface area contributed by atoms with Crippen LogP contribution in [0.15, 0.2) is 23.3 Å². The molecule has 3 N–H and O–H groups in total. The van der Waals surface area contributed by atoms with Crippen LogP contribution in [-0.4, -0.2) is 12.2 Å². The molecule has 0 aliphatic rings. The van der Waals surface area contributed by atoms with E-state index in [2.05, 4.69) is 5.10 Å². The van der Waals surface area contributed by atoms with Gasteiger partial charge in [-0.25, -0.2) is 14.6 Å². The third-order valence-electron chi connectivity index (χ3n) is 1.85. The second kappa shape index (κ2) is 5.09. The van der Waals surface area contributed by atoms with Gasteiger partial charge < -0.3 is 5.73 Å². The quantitative estimate of drug-likeness (QED) is 0.573. The summed E-state index contributed by atoms with van der Waals surface area (Å²) in [6.07, 6.45) is 1.98. The van der Waals surface area contributed by atoms with Crippen LogP contribution in [0.4, 0.5) is 9.18 Å². The topological polar surface area (TPSA) is 67.5 Å². The third-order valence-corrected chi connectivity index (χ3v) is 1.85. The van der Waals surface area contributed by atoms with Crippen LogP contribution in [0, 0.1) is 5.82 Å². The number of carbonyl (C=O) groups is 1. The molecule has 1 rings (SSSR count). The molecule has 0 aliphatic carbocycles. The smallest absolute Gasteiger partial charge is 0.332 e. The van der Waals surface area contributed by atoms with Gasteiger partial charge in [0.15, 0.2) is 0 Å². The lowest BCUT2D eigenvalue weighted by Gasteiger charge is -1.99. The van der Waals surface area contributed by atoms with Crippen LogP contribution < -0.4 is 11.2 Å². The van der Waals surface area contributed by atoms with E-state index in [-0.39, 0.29) is 5.82 Å². The molecule has 0 unspecified atom stereocenters. The Morgan fingerprint density at radius 2 is 2.40 bits per heavy atom. The van der Waals surface area contributed by atoms with Crippen LogP contribution in [0.1, 0.15) is 18.1 Å². The fourth-order valence-corrected chi connectivity index (χ4v) is 1.06. The summed E-state index contributed by atoms with van der Waals surface area (Å²) in [5.74, 6) is -0.371. The number of nitrogens with zero attached hydrogens (tertiary/aromatic N) is 1. The summed E-state index contributed by atoms with van der Waals surface area (Å²) in [7, 11) is 0. The second-order valence-electron chi connectivity index (χ2n) is 2.94. The van der Waals surface area contributed by atoms with Gasteiger partial charge in [-0.15, -0.1) is 0 Å². The van der Waals surface area contributed by atoms with Crippen molar-refractivity contribution in [3.63, 3.8) is 0 Å². The highest BCUT2D eigenvalue weighted by Crippen LogP contribution is 2.08. The Kier molecular flexibility index (Phi) is 3.79. The van der Waals surface area contributed by atoms with Crippen LogP contribution in [0.3, 0.4) is 0 Å². The number of aryl methyl sites for hydroxylation is 1. The van der Waals surface area contributed by atoms with Crippen molar-refractivity contribution >= 4 is 12.2 Å². The highest BCUT2D eigenvalue weighted by atomic mass is 19.1. The van der Waals surface area contributed by atoms with Crippen LogP contribution in [-0.2, 0) is 6.42 Å². The van der Waals surface area contributed by atoms with Gasteiger partial charge in [-0.3, -0.25) is 0 Å². The monoisotopic (exact) mass is 209 g/mol. The molecule has 0 aromatic heterocycles. The van der Waals surface area contributed by atoms with Gasteiger partial charge in [0, 0.05) is 5.56 Å². The summed E-state index contributed by atoms with van der Waals surface area (Å²) in [6.45, 7) is 1.94. The predicted octanol–water partition coefficient (Wildman–Crippen LogP) is 1.39. The number of rotatable bonds is 3. The Morgan fingerprint density at radius 1 is 1.67 bits per heavy atom. The average Bonchev–Trinajstić information content (AvgIpc) is 2.20. The van der Waals surface area contributed by atoms with Gasteiger partial charge in [-0.05, 0) is 18.1 Å². The first-order valence-electron chi connectivity index (χ1n) is 4.50. The Bertz CT molecular complexity index is 390. The van der Waals surface area contributed by atoms with E-state index in [1.165, 1.54) is 12.3 Å². The van der Waals surface area contributed by atoms with Crippen molar-refractivity contribution in [1.29, 1.82) is 0 Å². The number of urea groups is 1. The number of hydrogen-bond donors (Lipinski definition) is 2. The maximum atomic E-state index is 13.3. The number of hydrogen-bond acceptors (Lipinski definition) is 2. The van der Waals surface area contributed by atoms with Gasteiger partial charge in [0.1, 0.15) is 5.82 Å². The first kappa shape index (κ1) is 11.2. The normalized spacial score (nSPS) is 10.5. The molecule has 0 fully saturated rings. The zero-order valence-corrected chi connectivity index (χ0v) is 8.33. The van der Waals surface area contributed by atoms with E-state index < -0.39 is 6.03 Å². The summed E-state index contributed by atoms with van der Waals surface area (Å²) >= 11 is 0. The van der Waals surface area contributed by atoms with Crippen molar-refractivity contribution in [1.82, 2.24) is 5.43 Å². The molecule has 1 aromatic rings. The molecule has 1 aromatic carbocycles. The zero-order valence-electron chi connectivity index (χ0n) is 8.33. The molecule has 0 bridgehead atoms. The first-order chi connectivity index (χ1) is 7.13. The molecule has 0 spiro atoms. The number of hydrazone groups is 1. The lowest BCUT2D eigenvalue weighted by Crippen LogP contribution is -2.24. The Morgan fingerprint density at radius 3 is 2.93 bits per heavy atom. The lowest BCUT2D eigenvalue weighted by atomic mass is 10.1. The molecular weight excluding hydrogens is 197 g/mol. The van der Waals surface area contributed by atoms with Gasteiger partial charge >= 0.3 is 6.03 Å². The molecule has 0 saturated heterocycles. The van der Waals surface area contributed by atoms with E-state index in [0.717, 1.165) is 12.0 Å². The predicted molar refractivity (Wildman–Crippen MR) is 56.1 cm³/mol. The average molecular weight is 209 g/mol. The van der Waals surface area contributed by atoms with Crippen molar-refractivity contribution in [2.24, 2.45) is 10.8 Å². The van der Waals surface area contributed by atoms with E-state index >= 15 is 0 Å². The molecule has 4 nitrogen and oxygen atoms in total. The van der Waals surface area contributed by atoms with Crippen molar-refractivity contribution in [3.8, 4) is 0 Å². The number of primary amides is 1. The highest BCUT2D eigenvalue weighted by molar-refractivity contribution is 5.81. The zero-order chi connectivity index (χ0) is 11.3. The summed E-state index contributed by atoms with van der Waals surface area (Å²) < 4.78 is 13.3. The van der Waals surface area contributed by atoms with E-state index in [4.69, 9.17) is 5.73 Å². The van der Waals surface area contributed by atoms with Crippen LogP contribution >= 0.6 is 0 Å². The summed E-state index contributed by atoms with van der Waals surface area (Å²) in [5, 5.41) is 3.47. The summed E-state index contributed by atoms with van der Waals surface area (Å²) in [6, 6.07) is 4.05. The fraction of sp³-hybridized carbons (Fsp3) is 0.200. The minimum atomic E-state index is -0.781. The number of amides is 2. The molecule has 0 saturated carbocycles. The number of benzene rings is 1. The van der Waals surface area contributed by atoms with Gasteiger partial charge in [-0.1, -0.05) is 19.1 Å². The molecule has 80 valence electrons. The molecule has 15 heavy (non-hydrogen) atoms. The third kappa shape index (κ3) is 3.38. The molecule has 0 aliphatic heterocycles. The number of halogens is 1. The fourth-order valence-electron chi connectivity index (χ4n) is 1.06. The number of nitrogens with one attached hydrogen (secondary N) is 1. The minimum Gasteiger partial charge on any atom is -0.350 e. The van der Waals surface area contributed by atoms with E-state index in [1.807, 2.05) is 12.3 Å². The molecular formula is C10H12FN3O. The molecule has 0 radical (unpaired) electrons. The van der Waals surface area contributed by atoms with Crippen molar-refractivity contribution in [3.05, 3.63) is 35.1 Å². The SMILES string of the molecule is CCc1ccc(C=NNC(N)=O)c(F)c1. The van der Waals surface area contributed by atoms with Gasteiger partial charge in [0.2, 0.25) is 0 Å². The first-order valence-corrected chi connectivity index (χ1v) is 4.50. The Balaban J connectivity index is 2.78. The van der Waals surface area contributed by atoms with Gasteiger partial charge in [-0.2, -0.15) is 5.10 Å². The molecule has 0 atom stereocenters.